The molecule has 0 saturated heterocycles. The molecule has 5 nitrogen and oxygen atoms in total. The number of aromatic nitrogens is 1. The van der Waals surface area contributed by atoms with E-state index < -0.39 is 5.97 Å². The van der Waals surface area contributed by atoms with Crippen molar-refractivity contribution in [3.63, 3.8) is 0 Å². The first-order valence-corrected chi connectivity index (χ1v) is 4.65. The van der Waals surface area contributed by atoms with Crippen LogP contribution in [-0.4, -0.2) is 29.7 Å². The predicted octanol–water partition coefficient (Wildman–Crippen LogP) is 0.633. The van der Waals surface area contributed by atoms with E-state index in [0.717, 1.165) is 11.1 Å². The van der Waals surface area contributed by atoms with Gasteiger partial charge in [-0.1, -0.05) is 0 Å². The SMILES string of the molecule is CN(CC(=O)O)c1cc2c(cn1)COC2. The molecule has 0 spiro atoms. The summed E-state index contributed by atoms with van der Waals surface area (Å²) in [4.78, 5) is 16.3. The number of anilines is 1. The van der Waals surface area contributed by atoms with E-state index in [1.54, 1.807) is 18.1 Å². The maximum absolute atomic E-state index is 10.5. The molecule has 1 aliphatic heterocycles. The number of aliphatic carboxylic acids is 1. The molecule has 5 heteroatoms. The fraction of sp³-hybridized carbons (Fsp3) is 0.400. The molecule has 2 rings (SSSR count). The first kappa shape index (κ1) is 9.92. The molecule has 15 heavy (non-hydrogen) atoms. The van der Waals surface area contributed by atoms with Gasteiger partial charge in [0.05, 0.1) is 13.2 Å². The van der Waals surface area contributed by atoms with Crippen LogP contribution in [-0.2, 0) is 22.7 Å². The van der Waals surface area contributed by atoms with Crippen LogP contribution in [0, 0.1) is 0 Å². The normalized spacial score (nSPS) is 13.7. The fourth-order valence-corrected chi connectivity index (χ4v) is 1.54. The Kier molecular flexibility index (Phi) is 2.55. The molecule has 0 bridgehead atoms. The van der Waals surface area contributed by atoms with E-state index in [9.17, 15) is 4.79 Å². The average molecular weight is 208 g/mol. The van der Waals surface area contributed by atoms with Gasteiger partial charge in [-0.15, -0.1) is 0 Å². The summed E-state index contributed by atoms with van der Waals surface area (Å²) in [5.74, 6) is -0.197. The van der Waals surface area contributed by atoms with Crippen LogP contribution in [0.5, 0.6) is 0 Å². The Morgan fingerprint density at radius 1 is 1.60 bits per heavy atom. The van der Waals surface area contributed by atoms with E-state index in [1.807, 2.05) is 6.07 Å². The molecular formula is C10H12N2O3. The highest BCUT2D eigenvalue weighted by molar-refractivity contribution is 5.73. The molecule has 0 fully saturated rings. The number of carboxylic acid groups (broad SMARTS) is 1. The topological polar surface area (TPSA) is 62.7 Å². The summed E-state index contributed by atoms with van der Waals surface area (Å²) in [7, 11) is 1.71. The zero-order valence-corrected chi connectivity index (χ0v) is 8.43. The van der Waals surface area contributed by atoms with E-state index in [-0.39, 0.29) is 6.54 Å². The highest BCUT2D eigenvalue weighted by Crippen LogP contribution is 2.22. The summed E-state index contributed by atoms with van der Waals surface area (Å²) in [5, 5.41) is 8.64. The van der Waals surface area contributed by atoms with Crippen molar-refractivity contribution in [2.45, 2.75) is 13.2 Å². The Balaban J connectivity index is 2.19. The molecule has 0 atom stereocenters. The van der Waals surface area contributed by atoms with Gasteiger partial charge in [0.2, 0.25) is 0 Å². The number of ether oxygens (including phenoxy) is 1. The van der Waals surface area contributed by atoms with Gasteiger partial charge in [-0.2, -0.15) is 0 Å². The van der Waals surface area contributed by atoms with Crippen molar-refractivity contribution in [1.82, 2.24) is 4.98 Å². The molecule has 1 N–H and O–H groups in total. The minimum Gasteiger partial charge on any atom is -0.480 e. The van der Waals surface area contributed by atoms with Gasteiger partial charge in [-0.3, -0.25) is 4.79 Å². The van der Waals surface area contributed by atoms with E-state index in [2.05, 4.69) is 4.98 Å². The smallest absolute Gasteiger partial charge is 0.323 e. The van der Waals surface area contributed by atoms with Crippen molar-refractivity contribution in [2.24, 2.45) is 0 Å². The number of likely N-dealkylation sites (N-methyl/N-ethyl adjacent to an activating group) is 1. The number of fused-ring (bicyclic) bond motifs is 1. The second kappa shape index (κ2) is 3.86. The van der Waals surface area contributed by atoms with Crippen LogP contribution in [0.4, 0.5) is 5.82 Å². The van der Waals surface area contributed by atoms with Gasteiger partial charge < -0.3 is 14.7 Å². The van der Waals surface area contributed by atoms with Gasteiger partial charge in [-0.25, -0.2) is 4.98 Å². The van der Waals surface area contributed by atoms with Crippen molar-refractivity contribution in [3.05, 3.63) is 23.4 Å². The summed E-state index contributed by atoms with van der Waals surface area (Å²) in [6, 6.07) is 1.88. The van der Waals surface area contributed by atoms with E-state index in [1.165, 1.54) is 0 Å². The van der Waals surface area contributed by atoms with Gasteiger partial charge in [0.15, 0.2) is 0 Å². The third kappa shape index (κ3) is 2.07. The number of hydrogen-bond donors (Lipinski definition) is 1. The van der Waals surface area contributed by atoms with Crippen LogP contribution >= 0.6 is 0 Å². The Labute approximate surface area is 87.3 Å². The van der Waals surface area contributed by atoms with Crippen molar-refractivity contribution in [2.75, 3.05) is 18.5 Å². The largest absolute Gasteiger partial charge is 0.480 e. The molecule has 1 aromatic heterocycles. The van der Waals surface area contributed by atoms with Crippen LogP contribution in [0.1, 0.15) is 11.1 Å². The van der Waals surface area contributed by atoms with Crippen LogP contribution in [0.2, 0.25) is 0 Å². The lowest BCUT2D eigenvalue weighted by Gasteiger charge is -2.15. The standard InChI is InChI=1S/C10H12N2O3/c1-12(4-10(13)14)9-2-7-5-15-6-8(7)3-11-9/h2-3H,4-6H2,1H3,(H,13,14). The Morgan fingerprint density at radius 3 is 3.07 bits per heavy atom. The number of carboxylic acids is 1. The monoisotopic (exact) mass is 208 g/mol. The summed E-state index contributed by atoms with van der Waals surface area (Å²) in [5.41, 5.74) is 2.18. The van der Waals surface area contributed by atoms with Crippen LogP contribution in [0.15, 0.2) is 12.3 Å². The first-order chi connectivity index (χ1) is 7.16. The van der Waals surface area contributed by atoms with Gasteiger partial charge in [0, 0.05) is 18.8 Å². The highest BCUT2D eigenvalue weighted by atomic mass is 16.5. The molecular weight excluding hydrogens is 196 g/mol. The molecule has 0 aromatic carbocycles. The summed E-state index contributed by atoms with van der Waals surface area (Å²) in [6.45, 7) is 1.14. The number of rotatable bonds is 3. The fourth-order valence-electron chi connectivity index (χ4n) is 1.54. The van der Waals surface area contributed by atoms with E-state index >= 15 is 0 Å². The molecule has 2 heterocycles. The number of carbonyl (C=O) groups is 1. The second-order valence-electron chi connectivity index (χ2n) is 3.55. The maximum Gasteiger partial charge on any atom is 0.323 e. The van der Waals surface area contributed by atoms with Crippen LogP contribution in [0.3, 0.4) is 0 Å². The lowest BCUT2D eigenvalue weighted by Crippen LogP contribution is -2.26. The number of hydrogen-bond acceptors (Lipinski definition) is 4. The van der Waals surface area contributed by atoms with Crippen molar-refractivity contribution >= 4 is 11.8 Å². The minimum atomic E-state index is -0.865. The second-order valence-corrected chi connectivity index (χ2v) is 3.55. The molecule has 1 aromatic rings. The van der Waals surface area contributed by atoms with Gasteiger partial charge in [-0.05, 0) is 11.6 Å². The van der Waals surface area contributed by atoms with Gasteiger partial charge in [0.1, 0.15) is 12.4 Å². The third-order valence-corrected chi connectivity index (χ3v) is 2.35. The van der Waals surface area contributed by atoms with Crippen LogP contribution in [0.25, 0.3) is 0 Å². The molecule has 0 unspecified atom stereocenters. The van der Waals surface area contributed by atoms with Gasteiger partial charge >= 0.3 is 5.97 Å². The third-order valence-electron chi connectivity index (χ3n) is 2.35. The quantitative estimate of drug-likeness (QED) is 0.789. The van der Waals surface area contributed by atoms with Crippen molar-refractivity contribution < 1.29 is 14.6 Å². The first-order valence-electron chi connectivity index (χ1n) is 4.65. The average Bonchev–Trinajstić information content (AvgIpc) is 2.62. The minimum absolute atomic E-state index is 0.0490. The molecule has 0 saturated carbocycles. The number of pyridine rings is 1. The summed E-state index contributed by atoms with van der Waals surface area (Å²) < 4.78 is 5.26. The van der Waals surface area contributed by atoms with Crippen molar-refractivity contribution in [1.29, 1.82) is 0 Å². The summed E-state index contributed by atoms with van der Waals surface area (Å²) >= 11 is 0. The molecule has 80 valence electrons. The lowest BCUT2D eigenvalue weighted by atomic mass is 10.2. The van der Waals surface area contributed by atoms with E-state index in [0.29, 0.717) is 19.0 Å². The highest BCUT2D eigenvalue weighted by Gasteiger charge is 2.14. The Morgan fingerprint density at radius 2 is 2.33 bits per heavy atom. The Bertz CT molecular complexity index is 392. The Hall–Kier alpha value is -1.62. The van der Waals surface area contributed by atoms with Crippen molar-refractivity contribution in [3.8, 4) is 0 Å². The molecule has 0 radical (unpaired) electrons. The molecule has 0 amide bonds. The zero-order chi connectivity index (χ0) is 10.8. The van der Waals surface area contributed by atoms with Crippen LogP contribution < -0.4 is 4.90 Å². The predicted molar refractivity (Wildman–Crippen MR) is 53.6 cm³/mol. The lowest BCUT2D eigenvalue weighted by molar-refractivity contribution is -0.135. The van der Waals surface area contributed by atoms with Gasteiger partial charge in [0.25, 0.3) is 0 Å². The molecule has 0 aliphatic carbocycles. The molecule has 1 aliphatic rings. The zero-order valence-electron chi connectivity index (χ0n) is 8.43. The van der Waals surface area contributed by atoms with E-state index in [4.69, 9.17) is 9.84 Å². The summed E-state index contributed by atoms with van der Waals surface area (Å²) in [6.07, 6.45) is 1.75. The maximum atomic E-state index is 10.5. The number of nitrogens with zero attached hydrogens (tertiary/aromatic N) is 2.